The van der Waals surface area contributed by atoms with Crippen LogP contribution in [0, 0.1) is 6.92 Å². The highest BCUT2D eigenvalue weighted by molar-refractivity contribution is 6.00. The molecular weight excluding hydrogens is 248 g/mol. The zero-order valence-corrected chi connectivity index (χ0v) is 11.3. The summed E-state index contributed by atoms with van der Waals surface area (Å²) in [4.78, 5) is 8.29. The Morgan fingerprint density at radius 2 is 1.80 bits per heavy atom. The molecule has 3 N–H and O–H groups in total. The summed E-state index contributed by atoms with van der Waals surface area (Å²) in [5, 5.41) is 5.51. The molecule has 1 aromatic carbocycles. The molecule has 0 spiro atoms. The fourth-order valence-corrected chi connectivity index (χ4v) is 2.26. The van der Waals surface area contributed by atoms with E-state index < -0.39 is 0 Å². The SMILES string of the molecule is Cc1cnccc1CNc1ccc(N)c2ccncc12. The summed E-state index contributed by atoms with van der Waals surface area (Å²) in [6, 6.07) is 7.88. The van der Waals surface area contributed by atoms with Crippen molar-refractivity contribution in [1.82, 2.24) is 9.97 Å². The summed E-state index contributed by atoms with van der Waals surface area (Å²) in [6.07, 6.45) is 7.29. The second-order valence-corrected chi connectivity index (χ2v) is 4.78. The quantitative estimate of drug-likeness (QED) is 0.713. The van der Waals surface area contributed by atoms with E-state index in [0.717, 1.165) is 28.7 Å². The summed E-state index contributed by atoms with van der Waals surface area (Å²) in [5.41, 5.74) is 10.2. The number of rotatable bonds is 3. The molecule has 0 amide bonds. The lowest BCUT2D eigenvalue weighted by molar-refractivity contribution is 1.09. The molecule has 2 heterocycles. The van der Waals surface area contributed by atoms with E-state index in [0.29, 0.717) is 0 Å². The number of nitrogen functional groups attached to an aromatic ring is 1. The minimum Gasteiger partial charge on any atom is -0.398 e. The highest BCUT2D eigenvalue weighted by Crippen LogP contribution is 2.27. The first-order chi connectivity index (χ1) is 9.75. The van der Waals surface area contributed by atoms with E-state index >= 15 is 0 Å². The fraction of sp³-hybridized carbons (Fsp3) is 0.125. The molecule has 0 aliphatic carbocycles. The maximum atomic E-state index is 5.99. The van der Waals surface area contributed by atoms with Crippen LogP contribution in [0.1, 0.15) is 11.1 Å². The van der Waals surface area contributed by atoms with Gasteiger partial charge in [-0.2, -0.15) is 0 Å². The van der Waals surface area contributed by atoms with Crippen molar-refractivity contribution in [3.63, 3.8) is 0 Å². The average molecular weight is 264 g/mol. The lowest BCUT2D eigenvalue weighted by Crippen LogP contribution is -2.02. The first kappa shape index (κ1) is 12.4. The first-order valence-corrected chi connectivity index (χ1v) is 6.51. The third-order valence-electron chi connectivity index (χ3n) is 3.46. The minimum absolute atomic E-state index is 0.752. The number of benzene rings is 1. The molecule has 0 saturated carbocycles. The van der Waals surface area contributed by atoms with E-state index in [9.17, 15) is 0 Å². The molecule has 0 fully saturated rings. The fourth-order valence-electron chi connectivity index (χ4n) is 2.26. The van der Waals surface area contributed by atoms with E-state index in [4.69, 9.17) is 5.73 Å². The molecule has 4 nitrogen and oxygen atoms in total. The Kier molecular flexibility index (Phi) is 3.21. The predicted octanol–water partition coefficient (Wildman–Crippen LogP) is 3.13. The van der Waals surface area contributed by atoms with Gasteiger partial charge in [0.1, 0.15) is 0 Å². The monoisotopic (exact) mass is 264 g/mol. The molecule has 100 valence electrons. The second kappa shape index (κ2) is 5.17. The van der Waals surface area contributed by atoms with E-state index in [1.807, 2.05) is 42.9 Å². The topological polar surface area (TPSA) is 63.8 Å². The Labute approximate surface area is 117 Å². The third-order valence-corrected chi connectivity index (χ3v) is 3.46. The van der Waals surface area contributed by atoms with Crippen molar-refractivity contribution >= 4 is 22.1 Å². The van der Waals surface area contributed by atoms with Crippen LogP contribution < -0.4 is 11.1 Å². The van der Waals surface area contributed by atoms with Gasteiger partial charge in [-0.05, 0) is 42.3 Å². The Bertz CT molecular complexity index is 752. The van der Waals surface area contributed by atoms with E-state index in [1.54, 1.807) is 6.20 Å². The average Bonchev–Trinajstić information content (AvgIpc) is 2.48. The van der Waals surface area contributed by atoms with Crippen molar-refractivity contribution in [1.29, 1.82) is 0 Å². The van der Waals surface area contributed by atoms with Crippen LogP contribution in [0.3, 0.4) is 0 Å². The molecule has 0 unspecified atom stereocenters. The van der Waals surface area contributed by atoms with Crippen molar-refractivity contribution in [3.8, 4) is 0 Å². The lowest BCUT2D eigenvalue weighted by Gasteiger charge is -2.12. The Morgan fingerprint density at radius 1 is 1.00 bits per heavy atom. The van der Waals surface area contributed by atoms with Crippen LogP contribution in [-0.4, -0.2) is 9.97 Å². The maximum absolute atomic E-state index is 5.99. The largest absolute Gasteiger partial charge is 0.398 e. The molecule has 0 aliphatic rings. The summed E-state index contributed by atoms with van der Waals surface area (Å²) in [5.74, 6) is 0. The van der Waals surface area contributed by atoms with Gasteiger partial charge in [-0.3, -0.25) is 9.97 Å². The van der Waals surface area contributed by atoms with Crippen molar-refractivity contribution in [2.45, 2.75) is 13.5 Å². The summed E-state index contributed by atoms with van der Waals surface area (Å²) < 4.78 is 0. The van der Waals surface area contributed by atoms with E-state index in [2.05, 4.69) is 22.2 Å². The minimum atomic E-state index is 0.752. The van der Waals surface area contributed by atoms with Gasteiger partial charge < -0.3 is 11.1 Å². The molecule has 0 saturated heterocycles. The van der Waals surface area contributed by atoms with Crippen LogP contribution in [0.4, 0.5) is 11.4 Å². The van der Waals surface area contributed by atoms with Gasteiger partial charge in [0.25, 0.3) is 0 Å². The molecule has 3 rings (SSSR count). The predicted molar refractivity (Wildman–Crippen MR) is 82.5 cm³/mol. The number of aromatic nitrogens is 2. The van der Waals surface area contributed by atoms with Gasteiger partial charge in [-0.15, -0.1) is 0 Å². The standard InChI is InChI=1S/C16H16N4/c1-11-8-18-6-4-12(11)9-20-16-3-2-15(17)13-5-7-19-10-14(13)16/h2-8,10,20H,9,17H2,1H3. The molecule has 0 radical (unpaired) electrons. The maximum Gasteiger partial charge on any atom is 0.0439 e. The first-order valence-electron chi connectivity index (χ1n) is 6.51. The normalized spacial score (nSPS) is 10.7. The second-order valence-electron chi connectivity index (χ2n) is 4.78. The summed E-state index contributed by atoms with van der Waals surface area (Å²) in [6.45, 7) is 2.81. The van der Waals surface area contributed by atoms with Crippen LogP contribution in [-0.2, 0) is 6.54 Å². The van der Waals surface area contributed by atoms with E-state index in [-0.39, 0.29) is 0 Å². The van der Waals surface area contributed by atoms with Gasteiger partial charge in [0.15, 0.2) is 0 Å². The number of hydrogen-bond acceptors (Lipinski definition) is 4. The molecule has 2 aromatic heterocycles. The van der Waals surface area contributed by atoms with Crippen LogP contribution in [0.15, 0.2) is 49.1 Å². The van der Waals surface area contributed by atoms with Crippen LogP contribution >= 0.6 is 0 Å². The summed E-state index contributed by atoms with van der Waals surface area (Å²) in [7, 11) is 0. The van der Waals surface area contributed by atoms with E-state index in [1.165, 1.54) is 11.1 Å². The smallest absolute Gasteiger partial charge is 0.0439 e. The van der Waals surface area contributed by atoms with Crippen LogP contribution in [0.5, 0.6) is 0 Å². The van der Waals surface area contributed by atoms with Crippen LogP contribution in [0.25, 0.3) is 10.8 Å². The van der Waals surface area contributed by atoms with Gasteiger partial charge >= 0.3 is 0 Å². The third kappa shape index (κ3) is 2.28. The molecular formula is C16H16N4. The molecule has 0 aliphatic heterocycles. The van der Waals surface area contributed by atoms with Crippen molar-refractivity contribution in [3.05, 3.63) is 60.2 Å². The molecule has 0 bridgehead atoms. The number of nitrogens with zero attached hydrogens (tertiary/aromatic N) is 2. The Morgan fingerprint density at radius 3 is 2.65 bits per heavy atom. The highest BCUT2D eigenvalue weighted by atomic mass is 14.9. The summed E-state index contributed by atoms with van der Waals surface area (Å²) >= 11 is 0. The molecule has 4 heteroatoms. The number of fused-ring (bicyclic) bond motifs is 1. The lowest BCUT2D eigenvalue weighted by atomic mass is 10.1. The Balaban J connectivity index is 1.92. The van der Waals surface area contributed by atoms with Gasteiger partial charge in [0, 0.05) is 53.5 Å². The highest BCUT2D eigenvalue weighted by Gasteiger charge is 2.04. The number of anilines is 2. The van der Waals surface area contributed by atoms with Gasteiger partial charge in [-0.1, -0.05) is 0 Å². The molecule has 3 aromatic rings. The number of aryl methyl sites for hydroxylation is 1. The van der Waals surface area contributed by atoms with Crippen molar-refractivity contribution in [2.24, 2.45) is 0 Å². The number of pyridine rings is 2. The molecule has 0 atom stereocenters. The number of nitrogens with one attached hydrogen (secondary N) is 1. The zero-order valence-electron chi connectivity index (χ0n) is 11.3. The zero-order chi connectivity index (χ0) is 13.9. The van der Waals surface area contributed by atoms with Gasteiger partial charge in [-0.25, -0.2) is 0 Å². The molecule has 20 heavy (non-hydrogen) atoms. The Hall–Kier alpha value is -2.62. The van der Waals surface area contributed by atoms with Crippen molar-refractivity contribution < 1.29 is 0 Å². The van der Waals surface area contributed by atoms with Gasteiger partial charge in [0.2, 0.25) is 0 Å². The van der Waals surface area contributed by atoms with Crippen LogP contribution in [0.2, 0.25) is 0 Å². The number of hydrogen-bond donors (Lipinski definition) is 2. The van der Waals surface area contributed by atoms with Gasteiger partial charge in [0.05, 0.1) is 0 Å². The van der Waals surface area contributed by atoms with Crippen molar-refractivity contribution in [2.75, 3.05) is 11.1 Å². The number of nitrogens with two attached hydrogens (primary N) is 1.